The van der Waals surface area contributed by atoms with Crippen molar-refractivity contribution in [3.63, 3.8) is 0 Å². The van der Waals surface area contributed by atoms with Crippen LogP contribution >= 0.6 is 0 Å². The van der Waals surface area contributed by atoms with Crippen LogP contribution in [0.1, 0.15) is 20.1 Å². The van der Waals surface area contributed by atoms with E-state index in [2.05, 4.69) is 15.0 Å². The number of esters is 1. The monoisotopic (exact) mass is 408 g/mol. The molecule has 0 radical (unpaired) electrons. The molecule has 3 heterocycles. The molecule has 0 aliphatic carbocycles. The zero-order chi connectivity index (χ0) is 21.6. The van der Waals surface area contributed by atoms with Crippen LogP contribution in [0.2, 0.25) is 0 Å². The largest absolute Gasteiger partial charge is 0.451 e. The van der Waals surface area contributed by atoms with Gasteiger partial charge in [0.15, 0.2) is 17.7 Å². The lowest BCUT2D eigenvalue weighted by Crippen LogP contribution is -2.54. The number of fused-ring (bicyclic) bond motifs is 1. The highest BCUT2D eigenvalue weighted by molar-refractivity contribution is 5.81. The molecule has 3 rings (SSSR count). The molecular formula is C17H21FN6O5. The van der Waals surface area contributed by atoms with Gasteiger partial charge in [-0.25, -0.2) is 19.3 Å². The second-order valence-electron chi connectivity index (χ2n) is 7.05. The molecule has 156 valence electrons. The van der Waals surface area contributed by atoms with E-state index in [0.717, 1.165) is 17.2 Å². The number of rotatable bonds is 5. The Kier molecular flexibility index (Phi) is 5.18. The van der Waals surface area contributed by atoms with Crippen molar-refractivity contribution in [2.75, 3.05) is 12.3 Å². The van der Waals surface area contributed by atoms with Gasteiger partial charge in [0.2, 0.25) is 11.7 Å². The molecular weight excluding hydrogens is 387 g/mol. The van der Waals surface area contributed by atoms with Gasteiger partial charge >= 0.3 is 5.97 Å². The normalized spacial score (nSPS) is 30.4. The maximum absolute atomic E-state index is 15.4. The summed E-state index contributed by atoms with van der Waals surface area (Å²) in [7, 11) is 0. The summed E-state index contributed by atoms with van der Waals surface area (Å²) in [5, 5.41) is 20.7. The molecule has 2 aromatic heterocycles. The van der Waals surface area contributed by atoms with E-state index in [1.54, 1.807) is 13.8 Å². The van der Waals surface area contributed by atoms with Crippen molar-refractivity contribution in [2.45, 2.75) is 43.7 Å². The highest BCUT2D eigenvalue weighted by Crippen LogP contribution is 2.47. The summed E-state index contributed by atoms with van der Waals surface area (Å²) >= 11 is 0. The quantitative estimate of drug-likeness (QED) is 0.350. The maximum Gasteiger partial charge on any atom is 0.323 e. The zero-order valence-electron chi connectivity index (χ0n) is 15.7. The Bertz CT molecular complexity index is 977. The van der Waals surface area contributed by atoms with Crippen molar-refractivity contribution in [3.8, 4) is 12.3 Å². The van der Waals surface area contributed by atoms with Crippen molar-refractivity contribution in [1.82, 2.24) is 19.5 Å². The molecule has 2 aromatic rings. The number of nitrogens with zero attached hydrogens (tertiary/aromatic N) is 4. The molecule has 5 atom stereocenters. The van der Waals surface area contributed by atoms with Gasteiger partial charge < -0.3 is 31.2 Å². The second kappa shape index (κ2) is 7.20. The van der Waals surface area contributed by atoms with Gasteiger partial charge in [0.05, 0.1) is 6.33 Å². The number of aliphatic hydroxyl groups is 2. The number of ether oxygens (including phenoxy) is 2. The number of alkyl halides is 1. The Morgan fingerprint density at radius 3 is 2.79 bits per heavy atom. The number of terminal acetylenes is 1. The number of imidazole rings is 1. The summed E-state index contributed by atoms with van der Waals surface area (Å²) in [6.07, 6.45) is 4.03. The lowest BCUT2D eigenvalue weighted by atomic mass is 9.93. The SMILES string of the molecule is C#C[C@]1(O)[C@H](n2cnc3c(N)ncnc32)O[C@](F)(CO)[C@H]1OC(=O)[C@@H](N)C(C)C. The van der Waals surface area contributed by atoms with Crippen molar-refractivity contribution in [2.24, 2.45) is 11.7 Å². The third kappa shape index (κ3) is 3.18. The van der Waals surface area contributed by atoms with Crippen LogP contribution in [0.3, 0.4) is 0 Å². The van der Waals surface area contributed by atoms with E-state index in [0.29, 0.717) is 0 Å². The molecule has 0 bridgehead atoms. The van der Waals surface area contributed by atoms with Gasteiger partial charge in [0.25, 0.3) is 5.85 Å². The summed E-state index contributed by atoms with van der Waals surface area (Å²) in [5.41, 5.74) is 9.19. The van der Waals surface area contributed by atoms with E-state index < -0.39 is 42.4 Å². The molecule has 0 aromatic carbocycles. The number of nitrogen functional groups attached to an aromatic ring is 1. The van der Waals surface area contributed by atoms with Gasteiger partial charge in [0, 0.05) is 0 Å². The molecule has 29 heavy (non-hydrogen) atoms. The fourth-order valence-electron chi connectivity index (χ4n) is 3.02. The molecule has 0 saturated carbocycles. The number of halogens is 1. The first-order chi connectivity index (χ1) is 13.6. The van der Waals surface area contributed by atoms with Gasteiger partial charge in [-0.1, -0.05) is 19.8 Å². The first-order valence-electron chi connectivity index (χ1n) is 8.65. The second-order valence-corrected chi connectivity index (χ2v) is 7.05. The third-order valence-electron chi connectivity index (χ3n) is 4.79. The number of aliphatic hydroxyl groups excluding tert-OH is 1. The van der Waals surface area contributed by atoms with Gasteiger partial charge in [-0.3, -0.25) is 9.36 Å². The molecule has 6 N–H and O–H groups in total. The minimum Gasteiger partial charge on any atom is -0.451 e. The van der Waals surface area contributed by atoms with E-state index in [-0.39, 0.29) is 22.9 Å². The van der Waals surface area contributed by atoms with Crippen molar-refractivity contribution in [3.05, 3.63) is 12.7 Å². The standard InChI is InChI=1S/C17H21FN6O5/c1-4-16(27)14(28-13(26)9(19)8(2)3)17(18,5-25)29-15(16)24-7-23-10-11(20)21-6-22-12(10)24/h1,6-9,14-15,25,27H,5,19H2,2-3H3,(H2,20,21,22)/t9-,14-,15+,16+,17+/m0/s1. The fraction of sp³-hybridized carbons (Fsp3) is 0.529. The van der Waals surface area contributed by atoms with Gasteiger partial charge in [-0.2, -0.15) is 0 Å². The van der Waals surface area contributed by atoms with Crippen LogP contribution in [0, 0.1) is 18.3 Å². The Morgan fingerprint density at radius 2 is 2.21 bits per heavy atom. The van der Waals surface area contributed by atoms with Crippen LogP contribution in [0.15, 0.2) is 12.7 Å². The molecule has 1 aliphatic rings. The smallest absolute Gasteiger partial charge is 0.323 e. The molecule has 0 spiro atoms. The van der Waals surface area contributed by atoms with Crippen LogP contribution < -0.4 is 11.5 Å². The van der Waals surface area contributed by atoms with Crippen LogP contribution in [-0.2, 0) is 14.3 Å². The molecule has 1 aliphatic heterocycles. The van der Waals surface area contributed by atoms with Gasteiger partial charge in [-0.05, 0) is 5.92 Å². The Hall–Kier alpha value is -2.85. The summed E-state index contributed by atoms with van der Waals surface area (Å²) in [6, 6.07) is -1.11. The minimum atomic E-state index is -3.02. The predicted molar refractivity (Wildman–Crippen MR) is 97.3 cm³/mol. The van der Waals surface area contributed by atoms with Gasteiger partial charge in [-0.15, -0.1) is 6.42 Å². The summed E-state index contributed by atoms with van der Waals surface area (Å²) in [5.74, 6) is -2.32. The van der Waals surface area contributed by atoms with Crippen LogP contribution in [0.4, 0.5) is 10.2 Å². The van der Waals surface area contributed by atoms with Crippen molar-refractivity contribution in [1.29, 1.82) is 0 Å². The number of carbonyl (C=O) groups is 1. The summed E-state index contributed by atoms with van der Waals surface area (Å²) < 4.78 is 26.9. The van der Waals surface area contributed by atoms with E-state index in [4.69, 9.17) is 27.4 Å². The molecule has 12 heteroatoms. The highest BCUT2D eigenvalue weighted by Gasteiger charge is 2.67. The molecule has 1 saturated heterocycles. The topological polar surface area (TPSA) is 172 Å². The average molecular weight is 408 g/mol. The van der Waals surface area contributed by atoms with Gasteiger partial charge in [0.1, 0.15) is 24.5 Å². The number of carbonyl (C=O) groups excluding carboxylic acids is 1. The number of anilines is 1. The lowest BCUT2D eigenvalue weighted by Gasteiger charge is -2.30. The Labute approximate surface area is 164 Å². The van der Waals surface area contributed by atoms with Crippen molar-refractivity contribution < 1.29 is 28.9 Å². The molecule has 11 nitrogen and oxygen atoms in total. The number of hydrogen-bond donors (Lipinski definition) is 4. The van der Waals surface area contributed by atoms with E-state index >= 15 is 4.39 Å². The summed E-state index contributed by atoms with van der Waals surface area (Å²) in [4.78, 5) is 24.1. The van der Waals surface area contributed by atoms with Crippen LogP contribution in [0.25, 0.3) is 11.2 Å². The van der Waals surface area contributed by atoms with E-state index in [9.17, 15) is 15.0 Å². The first-order valence-corrected chi connectivity index (χ1v) is 8.65. The van der Waals surface area contributed by atoms with Crippen LogP contribution in [0.5, 0.6) is 0 Å². The highest BCUT2D eigenvalue weighted by atomic mass is 19.2. The summed E-state index contributed by atoms with van der Waals surface area (Å²) in [6.45, 7) is 2.06. The van der Waals surface area contributed by atoms with E-state index in [1.807, 2.05) is 5.92 Å². The third-order valence-corrected chi connectivity index (χ3v) is 4.79. The minimum absolute atomic E-state index is 0.0375. The van der Waals surface area contributed by atoms with Crippen LogP contribution in [-0.4, -0.2) is 65.9 Å². The molecule has 0 unspecified atom stereocenters. The number of nitrogens with two attached hydrogens (primary N) is 2. The zero-order valence-corrected chi connectivity index (χ0v) is 15.7. The maximum atomic E-state index is 15.4. The first kappa shape index (κ1) is 20.9. The number of aromatic nitrogens is 4. The molecule has 1 fully saturated rings. The lowest BCUT2D eigenvalue weighted by molar-refractivity contribution is -0.218. The fourth-order valence-corrected chi connectivity index (χ4v) is 3.02. The van der Waals surface area contributed by atoms with Crippen molar-refractivity contribution >= 4 is 23.0 Å². The van der Waals surface area contributed by atoms with E-state index in [1.165, 1.54) is 0 Å². The Morgan fingerprint density at radius 1 is 1.52 bits per heavy atom. The predicted octanol–water partition coefficient (Wildman–Crippen LogP) is -1.15. The average Bonchev–Trinajstić information content (AvgIpc) is 3.21. The molecule has 0 amide bonds. The number of hydrogen-bond acceptors (Lipinski definition) is 10. The Balaban J connectivity index is 2.07.